The van der Waals surface area contributed by atoms with Crippen LogP contribution < -0.4 is 14.8 Å². The van der Waals surface area contributed by atoms with Gasteiger partial charge in [-0.25, -0.2) is 4.79 Å². The molecule has 0 radical (unpaired) electrons. The van der Waals surface area contributed by atoms with Crippen LogP contribution in [0.1, 0.15) is 37.0 Å². The van der Waals surface area contributed by atoms with Gasteiger partial charge in [0.05, 0.1) is 19.8 Å². The molecule has 1 heterocycles. The number of hydrogen-bond acceptors (Lipinski definition) is 4. The zero-order valence-corrected chi connectivity index (χ0v) is 18.0. The van der Waals surface area contributed by atoms with Gasteiger partial charge in [0.15, 0.2) is 11.5 Å². The number of aryl methyl sites for hydroxylation is 1. The van der Waals surface area contributed by atoms with E-state index >= 15 is 0 Å². The fourth-order valence-corrected chi connectivity index (χ4v) is 4.59. The summed E-state index contributed by atoms with van der Waals surface area (Å²) in [5.41, 5.74) is 1.85. The van der Waals surface area contributed by atoms with Crippen LogP contribution in [0.4, 0.5) is 4.79 Å². The number of benzene rings is 2. The van der Waals surface area contributed by atoms with Gasteiger partial charge in [-0.1, -0.05) is 40.2 Å². The van der Waals surface area contributed by atoms with Gasteiger partial charge in [0.1, 0.15) is 5.54 Å². The Bertz CT molecular complexity index is 977. The van der Waals surface area contributed by atoms with Crippen molar-refractivity contribution in [2.45, 2.75) is 38.8 Å². The largest absolute Gasteiger partial charge is 0.490 e. The molecule has 0 unspecified atom stereocenters. The number of carbonyl (C=O) groups is 2. The van der Waals surface area contributed by atoms with Crippen molar-refractivity contribution in [2.24, 2.45) is 0 Å². The van der Waals surface area contributed by atoms with Crippen molar-refractivity contribution in [1.82, 2.24) is 10.2 Å². The summed E-state index contributed by atoms with van der Waals surface area (Å²) < 4.78 is 12.1. The monoisotopic (exact) mass is 458 g/mol. The minimum Gasteiger partial charge on any atom is -0.490 e. The zero-order chi connectivity index (χ0) is 20.6. The molecule has 1 aliphatic carbocycles. The number of nitrogens with one attached hydrogen (secondary N) is 1. The SMILES string of the molecule is CCOc1cc(Br)c(CN2C(=O)N[C@@]3(CCc4ccccc43)C2=O)cc1OCC. The van der Waals surface area contributed by atoms with Gasteiger partial charge in [0, 0.05) is 4.47 Å². The molecular weight excluding hydrogens is 436 g/mol. The van der Waals surface area contributed by atoms with Crippen LogP contribution in [0, 0.1) is 0 Å². The summed E-state index contributed by atoms with van der Waals surface area (Å²) in [4.78, 5) is 27.4. The highest BCUT2D eigenvalue weighted by molar-refractivity contribution is 9.10. The maximum Gasteiger partial charge on any atom is 0.325 e. The lowest BCUT2D eigenvalue weighted by Gasteiger charge is -2.22. The average Bonchev–Trinajstić information content (AvgIpc) is 3.19. The van der Waals surface area contributed by atoms with E-state index in [1.807, 2.05) is 50.2 Å². The van der Waals surface area contributed by atoms with Crippen LogP contribution in [0.25, 0.3) is 0 Å². The van der Waals surface area contributed by atoms with Gasteiger partial charge in [-0.3, -0.25) is 9.69 Å². The van der Waals surface area contributed by atoms with Gasteiger partial charge in [0.25, 0.3) is 5.91 Å². The van der Waals surface area contributed by atoms with E-state index in [2.05, 4.69) is 21.2 Å². The van der Waals surface area contributed by atoms with Crippen molar-refractivity contribution in [1.29, 1.82) is 0 Å². The first kappa shape index (κ1) is 19.8. The molecule has 3 amide bonds. The molecule has 0 saturated carbocycles. The second-order valence-corrected chi connectivity index (χ2v) is 7.99. The molecule has 1 saturated heterocycles. The molecule has 2 aromatic rings. The minimum absolute atomic E-state index is 0.154. The molecule has 0 bridgehead atoms. The molecule has 6 nitrogen and oxygen atoms in total. The Morgan fingerprint density at radius 2 is 1.79 bits per heavy atom. The average molecular weight is 459 g/mol. The van der Waals surface area contributed by atoms with Crippen molar-refractivity contribution in [3.8, 4) is 11.5 Å². The molecule has 29 heavy (non-hydrogen) atoms. The number of carbonyl (C=O) groups excluding carboxylic acids is 2. The van der Waals surface area contributed by atoms with E-state index in [1.54, 1.807) is 0 Å². The van der Waals surface area contributed by atoms with E-state index in [0.717, 1.165) is 27.6 Å². The second kappa shape index (κ2) is 7.71. The van der Waals surface area contributed by atoms with Crippen LogP contribution >= 0.6 is 15.9 Å². The lowest BCUT2D eigenvalue weighted by atomic mass is 9.92. The van der Waals surface area contributed by atoms with E-state index in [9.17, 15) is 9.59 Å². The lowest BCUT2D eigenvalue weighted by Crippen LogP contribution is -2.41. The highest BCUT2D eigenvalue weighted by Gasteiger charge is 2.55. The van der Waals surface area contributed by atoms with E-state index in [1.165, 1.54) is 4.90 Å². The first-order valence-electron chi connectivity index (χ1n) is 9.80. The Morgan fingerprint density at radius 3 is 2.52 bits per heavy atom. The summed E-state index contributed by atoms with van der Waals surface area (Å²) in [7, 11) is 0. The lowest BCUT2D eigenvalue weighted by molar-refractivity contribution is -0.132. The number of amides is 3. The van der Waals surface area contributed by atoms with E-state index in [0.29, 0.717) is 31.1 Å². The van der Waals surface area contributed by atoms with Gasteiger partial charge in [-0.2, -0.15) is 0 Å². The molecule has 152 valence electrons. The predicted molar refractivity (Wildman–Crippen MR) is 112 cm³/mol. The van der Waals surface area contributed by atoms with Crippen LogP contribution in [0.3, 0.4) is 0 Å². The first-order chi connectivity index (χ1) is 14.0. The molecule has 1 spiro atoms. The predicted octanol–water partition coefficient (Wildman–Crippen LogP) is 4.14. The minimum atomic E-state index is -0.950. The Balaban J connectivity index is 1.65. The third kappa shape index (κ3) is 3.27. The topological polar surface area (TPSA) is 67.9 Å². The number of urea groups is 1. The molecule has 0 aromatic heterocycles. The molecule has 1 fully saturated rings. The number of hydrogen-bond donors (Lipinski definition) is 1. The smallest absolute Gasteiger partial charge is 0.325 e. The molecular formula is C22H23BrN2O4. The highest BCUT2D eigenvalue weighted by Crippen LogP contribution is 2.42. The van der Waals surface area contributed by atoms with Gasteiger partial charge in [-0.15, -0.1) is 0 Å². The first-order valence-corrected chi connectivity index (χ1v) is 10.6. The Hall–Kier alpha value is -2.54. The Labute approximate surface area is 178 Å². The quantitative estimate of drug-likeness (QED) is 0.660. The fourth-order valence-electron chi connectivity index (χ4n) is 4.14. The number of imide groups is 1. The van der Waals surface area contributed by atoms with Crippen molar-refractivity contribution in [3.05, 3.63) is 57.6 Å². The van der Waals surface area contributed by atoms with Gasteiger partial charge >= 0.3 is 6.03 Å². The second-order valence-electron chi connectivity index (χ2n) is 7.14. The highest BCUT2D eigenvalue weighted by atomic mass is 79.9. The fraction of sp³-hybridized carbons (Fsp3) is 0.364. The number of halogens is 1. The van der Waals surface area contributed by atoms with E-state index in [4.69, 9.17) is 9.47 Å². The third-order valence-corrected chi connectivity index (χ3v) is 6.20. The van der Waals surface area contributed by atoms with Crippen molar-refractivity contribution in [3.63, 3.8) is 0 Å². The van der Waals surface area contributed by atoms with Crippen LogP contribution in [-0.2, 0) is 23.3 Å². The molecule has 1 N–H and O–H groups in total. The number of fused-ring (bicyclic) bond motifs is 2. The van der Waals surface area contributed by atoms with Gasteiger partial charge < -0.3 is 14.8 Å². The summed E-state index contributed by atoms with van der Waals surface area (Å²) in [6.45, 7) is 4.96. The van der Waals surface area contributed by atoms with Crippen LogP contribution in [0.5, 0.6) is 11.5 Å². The summed E-state index contributed by atoms with van der Waals surface area (Å²) >= 11 is 3.55. The van der Waals surface area contributed by atoms with E-state index in [-0.39, 0.29) is 18.5 Å². The molecule has 7 heteroatoms. The molecule has 2 aliphatic rings. The number of ether oxygens (including phenoxy) is 2. The summed E-state index contributed by atoms with van der Waals surface area (Å²) in [5, 5.41) is 2.96. The number of nitrogens with zero attached hydrogens (tertiary/aromatic N) is 1. The summed E-state index contributed by atoms with van der Waals surface area (Å²) in [6.07, 6.45) is 1.36. The van der Waals surface area contributed by atoms with Crippen LogP contribution in [0.15, 0.2) is 40.9 Å². The summed E-state index contributed by atoms with van der Waals surface area (Å²) in [6, 6.07) is 11.1. The maximum atomic E-state index is 13.4. The van der Waals surface area contributed by atoms with Crippen LogP contribution in [-0.4, -0.2) is 30.1 Å². The van der Waals surface area contributed by atoms with Gasteiger partial charge in [0.2, 0.25) is 0 Å². The Kier molecular flexibility index (Phi) is 5.25. The Morgan fingerprint density at radius 1 is 1.10 bits per heavy atom. The van der Waals surface area contributed by atoms with Crippen LogP contribution in [0.2, 0.25) is 0 Å². The molecule has 2 aromatic carbocycles. The number of rotatable bonds is 6. The normalized spacial score (nSPS) is 20.2. The molecule has 1 atom stereocenters. The summed E-state index contributed by atoms with van der Waals surface area (Å²) in [5.74, 6) is 1.02. The van der Waals surface area contributed by atoms with E-state index < -0.39 is 5.54 Å². The zero-order valence-electron chi connectivity index (χ0n) is 16.5. The maximum absolute atomic E-state index is 13.4. The van der Waals surface area contributed by atoms with Gasteiger partial charge in [-0.05, 0) is 55.5 Å². The third-order valence-electron chi connectivity index (χ3n) is 5.46. The van der Waals surface area contributed by atoms with Crippen molar-refractivity contribution in [2.75, 3.05) is 13.2 Å². The van der Waals surface area contributed by atoms with Crippen molar-refractivity contribution < 1.29 is 19.1 Å². The molecule has 4 rings (SSSR count). The standard InChI is InChI=1S/C22H23BrN2O4/c1-3-28-18-11-15(17(23)12-19(18)29-4-2)13-25-20(26)22(24-21(25)27)10-9-14-7-5-6-8-16(14)22/h5-8,11-12H,3-4,9-10,13H2,1-2H3,(H,24,27)/t22-/m1/s1. The molecule has 1 aliphatic heterocycles. The van der Waals surface area contributed by atoms with Crippen molar-refractivity contribution >= 4 is 27.9 Å².